The maximum absolute atomic E-state index is 12.6. The summed E-state index contributed by atoms with van der Waals surface area (Å²) in [6.07, 6.45) is -4.17. The Morgan fingerprint density at radius 2 is 2.00 bits per heavy atom. The predicted molar refractivity (Wildman–Crippen MR) is 85.1 cm³/mol. The first-order chi connectivity index (χ1) is 11.4. The summed E-state index contributed by atoms with van der Waals surface area (Å²) in [6.45, 7) is 2.57. The fraction of sp³-hybridized carbons (Fsp3) is 0.600. The highest BCUT2D eigenvalue weighted by molar-refractivity contribution is 7.99. The quantitative estimate of drug-likeness (QED) is 0.805. The van der Waals surface area contributed by atoms with Crippen LogP contribution in [0, 0.1) is 0 Å². The number of morpholine rings is 1. The van der Waals surface area contributed by atoms with Gasteiger partial charge in [0.25, 0.3) is 5.91 Å². The van der Waals surface area contributed by atoms with E-state index in [9.17, 15) is 18.0 Å². The normalized spacial score (nSPS) is 22.5. The number of hydrogen-bond acceptors (Lipinski definition) is 5. The lowest BCUT2D eigenvalue weighted by Gasteiger charge is -2.36. The largest absolute Gasteiger partial charge is 0.417 e. The van der Waals surface area contributed by atoms with Crippen molar-refractivity contribution >= 4 is 23.5 Å². The second-order valence-corrected chi connectivity index (χ2v) is 6.87. The molecule has 1 aromatic heterocycles. The number of hydrogen-bond donors (Lipinski definition) is 0. The summed E-state index contributed by atoms with van der Waals surface area (Å²) in [5, 5.41) is 0. The van der Waals surface area contributed by atoms with E-state index in [2.05, 4.69) is 4.98 Å². The van der Waals surface area contributed by atoms with Gasteiger partial charge in [0.1, 0.15) is 5.82 Å². The first kappa shape index (κ1) is 17.3. The lowest BCUT2D eigenvalue weighted by Crippen LogP contribution is -2.52. The molecule has 2 aliphatic rings. The molecular formula is C15H18F3N3O2S. The van der Waals surface area contributed by atoms with Crippen molar-refractivity contribution in [1.82, 2.24) is 9.88 Å². The lowest BCUT2D eigenvalue weighted by atomic mass is 10.2. The highest BCUT2D eigenvalue weighted by atomic mass is 32.2. The summed E-state index contributed by atoms with van der Waals surface area (Å²) >= 11 is 1.82. The van der Waals surface area contributed by atoms with E-state index in [0.29, 0.717) is 38.6 Å². The smallest absolute Gasteiger partial charge is 0.365 e. The molecule has 0 N–H and O–H groups in total. The first-order valence-corrected chi connectivity index (χ1v) is 8.87. The number of nitrogens with zero attached hydrogens (tertiary/aromatic N) is 3. The molecule has 2 fully saturated rings. The van der Waals surface area contributed by atoms with Crippen LogP contribution in [0.15, 0.2) is 18.3 Å². The van der Waals surface area contributed by atoms with Crippen molar-refractivity contribution in [2.45, 2.75) is 12.3 Å². The van der Waals surface area contributed by atoms with Gasteiger partial charge < -0.3 is 14.5 Å². The number of aromatic nitrogens is 1. The second kappa shape index (κ2) is 7.18. The second-order valence-electron chi connectivity index (χ2n) is 5.65. The van der Waals surface area contributed by atoms with Crippen LogP contribution in [0.3, 0.4) is 0 Å². The van der Waals surface area contributed by atoms with Crippen molar-refractivity contribution in [1.29, 1.82) is 0 Å². The molecule has 1 unspecified atom stereocenters. The Morgan fingerprint density at radius 3 is 2.62 bits per heavy atom. The Bertz CT molecular complexity index is 576. The first-order valence-electron chi connectivity index (χ1n) is 7.71. The zero-order chi connectivity index (χ0) is 17.2. The van der Waals surface area contributed by atoms with Gasteiger partial charge in [-0.1, -0.05) is 0 Å². The van der Waals surface area contributed by atoms with Crippen molar-refractivity contribution in [3.8, 4) is 0 Å². The monoisotopic (exact) mass is 361 g/mol. The molecule has 5 nitrogen and oxygen atoms in total. The number of amides is 1. The Labute approximate surface area is 142 Å². The zero-order valence-electron chi connectivity index (χ0n) is 13.0. The van der Waals surface area contributed by atoms with E-state index >= 15 is 0 Å². The van der Waals surface area contributed by atoms with Gasteiger partial charge in [-0.15, -0.1) is 0 Å². The minimum atomic E-state index is -4.40. The number of halogens is 3. The maximum atomic E-state index is 12.6. The van der Waals surface area contributed by atoms with Crippen LogP contribution in [0.25, 0.3) is 0 Å². The Balaban J connectivity index is 1.65. The molecule has 3 rings (SSSR count). The van der Waals surface area contributed by atoms with Gasteiger partial charge in [-0.25, -0.2) is 4.98 Å². The molecule has 1 amide bonds. The van der Waals surface area contributed by atoms with Crippen LogP contribution < -0.4 is 4.90 Å². The molecule has 132 valence electrons. The minimum absolute atomic E-state index is 0.0492. The summed E-state index contributed by atoms with van der Waals surface area (Å²) in [6, 6.07) is 2.35. The van der Waals surface area contributed by atoms with Crippen molar-refractivity contribution in [3.63, 3.8) is 0 Å². The van der Waals surface area contributed by atoms with Gasteiger partial charge in [0.15, 0.2) is 6.10 Å². The Hall–Kier alpha value is -1.48. The summed E-state index contributed by atoms with van der Waals surface area (Å²) in [5.74, 6) is 2.22. The molecule has 0 radical (unpaired) electrons. The molecule has 24 heavy (non-hydrogen) atoms. The van der Waals surface area contributed by atoms with E-state index in [1.165, 1.54) is 6.07 Å². The van der Waals surface area contributed by atoms with Crippen molar-refractivity contribution in [2.24, 2.45) is 0 Å². The molecule has 2 saturated heterocycles. The van der Waals surface area contributed by atoms with Crippen LogP contribution in [0.5, 0.6) is 0 Å². The van der Waals surface area contributed by atoms with E-state index in [4.69, 9.17) is 4.74 Å². The SMILES string of the molecule is O=C(C1CN(c2ccc(C(F)(F)F)cn2)CCO1)N1CCSCC1. The third kappa shape index (κ3) is 3.94. The fourth-order valence-corrected chi connectivity index (χ4v) is 3.64. The summed E-state index contributed by atoms with van der Waals surface area (Å²) in [4.78, 5) is 20.0. The van der Waals surface area contributed by atoms with Crippen molar-refractivity contribution in [3.05, 3.63) is 23.9 Å². The van der Waals surface area contributed by atoms with E-state index in [0.717, 1.165) is 23.8 Å². The van der Waals surface area contributed by atoms with Gasteiger partial charge in [0.05, 0.1) is 18.7 Å². The molecule has 0 aliphatic carbocycles. The molecule has 9 heteroatoms. The summed E-state index contributed by atoms with van der Waals surface area (Å²) < 4.78 is 43.4. The van der Waals surface area contributed by atoms with Crippen LogP contribution >= 0.6 is 11.8 Å². The molecule has 0 aromatic carbocycles. The molecule has 1 atom stereocenters. The number of thioether (sulfide) groups is 1. The Morgan fingerprint density at radius 1 is 1.25 bits per heavy atom. The topological polar surface area (TPSA) is 45.7 Å². The van der Waals surface area contributed by atoms with E-state index in [1.54, 1.807) is 9.80 Å². The third-order valence-corrected chi connectivity index (χ3v) is 5.01. The highest BCUT2D eigenvalue weighted by Gasteiger charge is 2.33. The van der Waals surface area contributed by atoms with Gasteiger partial charge in [-0.05, 0) is 12.1 Å². The molecular weight excluding hydrogens is 343 g/mol. The summed E-state index contributed by atoms with van der Waals surface area (Å²) in [5.41, 5.74) is -0.780. The molecule has 0 bridgehead atoms. The Kier molecular flexibility index (Phi) is 5.19. The maximum Gasteiger partial charge on any atom is 0.417 e. The molecule has 0 saturated carbocycles. The third-order valence-electron chi connectivity index (χ3n) is 4.06. The van der Waals surface area contributed by atoms with Crippen LogP contribution in [0.1, 0.15) is 5.56 Å². The molecule has 0 spiro atoms. The zero-order valence-corrected chi connectivity index (χ0v) is 13.8. The van der Waals surface area contributed by atoms with Gasteiger partial charge in [-0.3, -0.25) is 4.79 Å². The molecule has 1 aromatic rings. The fourth-order valence-electron chi connectivity index (χ4n) is 2.73. The molecule has 2 aliphatic heterocycles. The number of alkyl halides is 3. The minimum Gasteiger partial charge on any atom is -0.365 e. The number of rotatable bonds is 2. The number of ether oxygens (including phenoxy) is 1. The average molecular weight is 361 g/mol. The number of pyridine rings is 1. The molecule has 3 heterocycles. The lowest BCUT2D eigenvalue weighted by molar-refractivity contribution is -0.144. The highest BCUT2D eigenvalue weighted by Crippen LogP contribution is 2.29. The van der Waals surface area contributed by atoms with Gasteiger partial charge in [0, 0.05) is 37.3 Å². The van der Waals surface area contributed by atoms with E-state index < -0.39 is 17.8 Å². The van der Waals surface area contributed by atoms with Gasteiger partial charge in [0.2, 0.25) is 0 Å². The van der Waals surface area contributed by atoms with Crippen molar-refractivity contribution in [2.75, 3.05) is 49.2 Å². The van der Waals surface area contributed by atoms with Crippen LogP contribution in [-0.4, -0.2) is 66.2 Å². The van der Waals surface area contributed by atoms with Gasteiger partial charge in [-0.2, -0.15) is 24.9 Å². The summed E-state index contributed by atoms with van der Waals surface area (Å²) in [7, 11) is 0. The van der Waals surface area contributed by atoms with Crippen LogP contribution in [-0.2, 0) is 15.7 Å². The standard InChI is InChI=1S/C15H18F3N3O2S/c16-15(17,18)11-1-2-13(19-9-11)21-3-6-23-12(10-21)14(22)20-4-7-24-8-5-20/h1-2,9,12H,3-8,10H2. The van der Waals surface area contributed by atoms with Crippen LogP contribution in [0.4, 0.5) is 19.0 Å². The van der Waals surface area contributed by atoms with E-state index in [1.807, 2.05) is 11.8 Å². The number of carbonyl (C=O) groups is 1. The van der Waals surface area contributed by atoms with Crippen LogP contribution in [0.2, 0.25) is 0 Å². The predicted octanol–water partition coefficient (Wildman–Crippen LogP) is 1.88. The number of carbonyl (C=O) groups excluding carboxylic acids is 1. The van der Waals surface area contributed by atoms with Gasteiger partial charge >= 0.3 is 6.18 Å². The van der Waals surface area contributed by atoms with E-state index in [-0.39, 0.29) is 5.91 Å². The van der Waals surface area contributed by atoms with Crippen molar-refractivity contribution < 1.29 is 22.7 Å². The average Bonchev–Trinajstić information content (AvgIpc) is 2.61. The number of anilines is 1.